The lowest BCUT2D eigenvalue weighted by atomic mass is 10.5. The average molecular weight is 124 g/mol. The van der Waals surface area contributed by atoms with Gasteiger partial charge < -0.3 is 0 Å². The monoisotopic (exact) mass is 124 g/mol. The summed E-state index contributed by atoms with van der Waals surface area (Å²) >= 11 is 1.67. The minimum Gasteiger partial charge on any atom is -0.264 e. The molecule has 0 spiro atoms. The Balaban J connectivity index is 2.83. The third-order valence-corrected chi connectivity index (χ3v) is 1.51. The number of rotatable bonds is 1. The lowest BCUT2D eigenvalue weighted by molar-refractivity contribution is 1.26. The fourth-order valence-electron chi connectivity index (χ4n) is 0.430. The highest BCUT2D eigenvalue weighted by Crippen LogP contribution is 2.09. The highest BCUT2D eigenvalue weighted by molar-refractivity contribution is 7.98. The van der Waals surface area contributed by atoms with Crippen LogP contribution in [0.25, 0.3) is 0 Å². The van der Waals surface area contributed by atoms with Gasteiger partial charge in [-0.2, -0.15) is 0 Å². The van der Waals surface area contributed by atoms with Gasteiger partial charge in [0, 0.05) is 23.4 Å². The summed E-state index contributed by atoms with van der Waals surface area (Å²) in [5.74, 6) is 0. The van der Waals surface area contributed by atoms with E-state index in [0.717, 1.165) is 4.90 Å². The Kier molecular flexibility index (Phi) is 1.92. The van der Waals surface area contributed by atoms with Crippen LogP contribution in [0, 0.1) is 6.07 Å². The third-order valence-electron chi connectivity index (χ3n) is 0.813. The molecular formula is C6H6NS. The van der Waals surface area contributed by atoms with Crippen LogP contribution in [-0.2, 0) is 0 Å². The second-order valence-corrected chi connectivity index (χ2v) is 2.15. The topological polar surface area (TPSA) is 12.9 Å². The molecule has 0 N–H and O–H groups in total. The van der Waals surface area contributed by atoms with Crippen molar-refractivity contribution in [3.63, 3.8) is 0 Å². The van der Waals surface area contributed by atoms with Crippen molar-refractivity contribution in [2.24, 2.45) is 0 Å². The van der Waals surface area contributed by atoms with Crippen molar-refractivity contribution < 1.29 is 0 Å². The lowest BCUT2D eigenvalue weighted by Crippen LogP contribution is -1.69. The van der Waals surface area contributed by atoms with Crippen LogP contribution in [0.5, 0.6) is 0 Å². The van der Waals surface area contributed by atoms with Crippen LogP contribution in [0.15, 0.2) is 23.4 Å². The van der Waals surface area contributed by atoms with Crippen LogP contribution in [-0.4, -0.2) is 11.2 Å². The molecule has 1 nitrogen and oxygen atoms in total. The van der Waals surface area contributed by atoms with Gasteiger partial charge >= 0.3 is 0 Å². The maximum atomic E-state index is 3.82. The molecule has 1 rings (SSSR count). The fourth-order valence-corrected chi connectivity index (χ4v) is 0.797. The third kappa shape index (κ3) is 1.23. The summed E-state index contributed by atoms with van der Waals surface area (Å²) in [5.41, 5.74) is 0. The van der Waals surface area contributed by atoms with E-state index in [1.807, 2.05) is 12.3 Å². The number of hydrogen-bond donors (Lipinski definition) is 0. The van der Waals surface area contributed by atoms with Gasteiger partial charge in [-0.15, -0.1) is 11.8 Å². The first-order valence-corrected chi connectivity index (χ1v) is 3.51. The van der Waals surface area contributed by atoms with Crippen LogP contribution in [0.3, 0.4) is 0 Å². The van der Waals surface area contributed by atoms with Crippen LogP contribution < -0.4 is 0 Å². The van der Waals surface area contributed by atoms with Crippen molar-refractivity contribution in [1.29, 1.82) is 0 Å². The molecule has 0 bridgehead atoms. The summed E-state index contributed by atoms with van der Waals surface area (Å²) in [6.45, 7) is 0. The van der Waals surface area contributed by atoms with Gasteiger partial charge in [-0.3, -0.25) is 4.98 Å². The van der Waals surface area contributed by atoms with E-state index in [2.05, 4.69) is 11.1 Å². The Morgan fingerprint density at radius 2 is 2.62 bits per heavy atom. The molecule has 8 heavy (non-hydrogen) atoms. The zero-order valence-electron chi connectivity index (χ0n) is 4.59. The molecule has 0 unspecified atom stereocenters. The molecule has 0 aliphatic carbocycles. The molecule has 0 aliphatic rings. The van der Waals surface area contributed by atoms with Crippen LogP contribution in [0.4, 0.5) is 0 Å². The standard InChI is InChI=1S/C6H6NS/c1-8-6-2-4-7-5-3-6/h2,4-5H,1H3. The Labute approximate surface area is 53.1 Å². The van der Waals surface area contributed by atoms with Gasteiger partial charge in [0.05, 0.1) is 0 Å². The van der Waals surface area contributed by atoms with Crippen molar-refractivity contribution in [2.45, 2.75) is 4.90 Å². The quantitative estimate of drug-likeness (QED) is 0.527. The van der Waals surface area contributed by atoms with Gasteiger partial charge in [0.15, 0.2) is 0 Å². The maximum Gasteiger partial charge on any atom is 0.0358 e. The molecule has 0 saturated heterocycles. The van der Waals surface area contributed by atoms with E-state index in [-0.39, 0.29) is 0 Å². The lowest BCUT2D eigenvalue weighted by Gasteiger charge is -1.87. The molecule has 0 saturated carbocycles. The SMILES string of the molecule is CSc1[c]cncc1. The summed E-state index contributed by atoms with van der Waals surface area (Å²) in [7, 11) is 0. The Bertz CT molecular complexity index is 150. The predicted octanol–water partition coefficient (Wildman–Crippen LogP) is 1.60. The van der Waals surface area contributed by atoms with E-state index >= 15 is 0 Å². The first-order chi connectivity index (χ1) is 3.93. The van der Waals surface area contributed by atoms with Crippen molar-refractivity contribution in [2.75, 3.05) is 6.26 Å². The van der Waals surface area contributed by atoms with Gasteiger partial charge in [-0.05, 0) is 12.3 Å². The van der Waals surface area contributed by atoms with E-state index < -0.39 is 0 Å². The van der Waals surface area contributed by atoms with Crippen molar-refractivity contribution in [3.8, 4) is 0 Å². The number of thioether (sulfide) groups is 1. The number of aromatic nitrogens is 1. The van der Waals surface area contributed by atoms with Crippen LogP contribution in [0.2, 0.25) is 0 Å². The van der Waals surface area contributed by atoms with Gasteiger partial charge in [-0.1, -0.05) is 0 Å². The summed E-state index contributed by atoms with van der Waals surface area (Å²) < 4.78 is 0. The second-order valence-electron chi connectivity index (χ2n) is 1.31. The average Bonchev–Trinajstić information content (AvgIpc) is 1.90. The summed E-state index contributed by atoms with van der Waals surface area (Å²) in [5, 5.41) is 0. The Morgan fingerprint density at radius 3 is 3.00 bits per heavy atom. The minimum atomic E-state index is 1.14. The van der Waals surface area contributed by atoms with Gasteiger partial charge in [0.25, 0.3) is 0 Å². The summed E-state index contributed by atoms with van der Waals surface area (Å²) in [6.07, 6.45) is 5.46. The van der Waals surface area contributed by atoms with Gasteiger partial charge in [0.1, 0.15) is 0 Å². The zero-order chi connectivity index (χ0) is 5.82. The van der Waals surface area contributed by atoms with Crippen molar-refractivity contribution >= 4 is 11.8 Å². The molecule has 0 fully saturated rings. The first-order valence-electron chi connectivity index (χ1n) is 2.29. The van der Waals surface area contributed by atoms with E-state index in [9.17, 15) is 0 Å². The molecule has 0 amide bonds. The maximum absolute atomic E-state index is 3.82. The van der Waals surface area contributed by atoms with Crippen LogP contribution >= 0.6 is 11.8 Å². The summed E-state index contributed by atoms with van der Waals surface area (Å²) in [6, 6.07) is 4.91. The van der Waals surface area contributed by atoms with Crippen molar-refractivity contribution in [1.82, 2.24) is 4.98 Å². The molecule has 1 heterocycles. The molecule has 0 aliphatic heterocycles. The molecular weight excluding hydrogens is 118 g/mol. The van der Waals surface area contributed by atoms with Gasteiger partial charge in [-0.25, -0.2) is 0 Å². The van der Waals surface area contributed by atoms with E-state index in [0.29, 0.717) is 0 Å². The highest BCUT2D eigenvalue weighted by atomic mass is 32.2. The highest BCUT2D eigenvalue weighted by Gasteiger charge is 1.82. The normalized spacial score (nSPS) is 9.12. The second kappa shape index (κ2) is 2.72. The molecule has 41 valence electrons. The first kappa shape index (κ1) is 5.63. The zero-order valence-corrected chi connectivity index (χ0v) is 5.40. The largest absolute Gasteiger partial charge is 0.264 e. The number of hydrogen-bond acceptors (Lipinski definition) is 2. The smallest absolute Gasteiger partial charge is 0.0358 e. The molecule has 1 aromatic rings. The number of nitrogens with zero attached hydrogens (tertiary/aromatic N) is 1. The molecule has 0 aromatic carbocycles. The minimum absolute atomic E-state index is 1.14. The van der Waals surface area contributed by atoms with E-state index in [1.54, 1.807) is 24.2 Å². The van der Waals surface area contributed by atoms with E-state index in [4.69, 9.17) is 0 Å². The molecule has 0 atom stereocenters. The molecule has 2 heteroatoms. The van der Waals surface area contributed by atoms with Crippen LogP contribution in [0.1, 0.15) is 0 Å². The van der Waals surface area contributed by atoms with Crippen molar-refractivity contribution in [3.05, 3.63) is 24.5 Å². The molecule has 1 aromatic heterocycles. The summed E-state index contributed by atoms with van der Waals surface area (Å²) in [4.78, 5) is 4.96. The fraction of sp³-hybridized carbons (Fsp3) is 0.167. The molecule has 1 radical (unpaired) electrons. The number of pyridine rings is 1. The van der Waals surface area contributed by atoms with Gasteiger partial charge in [0.2, 0.25) is 0 Å². The van der Waals surface area contributed by atoms with E-state index in [1.165, 1.54) is 0 Å². The predicted molar refractivity (Wildman–Crippen MR) is 34.9 cm³/mol. The Hall–Kier alpha value is -0.500. The Morgan fingerprint density at radius 1 is 1.75 bits per heavy atom.